The fourth-order valence-electron chi connectivity index (χ4n) is 3.26. The van der Waals surface area contributed by atoms with E-state index in [0.29, 0.717) is 24.7 Å². The van der Waals surface area contributed by atoms with Crippen LogP contribution in [0.15, 0.2) is 60.7 Å². The van der Waals surface area contributed by atoms with Gasteiger partial charge in [-0.3, -0.25) is 4.79 Å². The highest BCUT2D eigenvalue weighted by molar-refractivity contribution is 5.92. The Bertz CT molecular complexity index is 1050. The molecule has 3 rings (SSSR count). The van der Waals surface area contributed by atoms with Gasteiger partial charge in [-0.2, -0.15) is 0 Å². The smallest absolute Gasteiger partial charge is 0.262 e. The van der Waals surface area contributed by atoms with Crippen LogP contribution in [0.25, 0.3) is 0 Å². The first-order valence-electron chi connectivity index (χ1n) is 10.6. The number of carbonyl (C=O) groups excluding carboxylic acids is 1. The molecular weight excluding hydrogens is 404 g/mol. The van der Waals surface area contributed by atoms with E-state index in [9.17, 15) is 4.79 Å². The fourth-order valence-corrected chi connectivity index (χ4v) is 3.26. The number of nitrogens with one attached hydrogen (secondary N) is 2. The summed E-state index contributed by atoms with van der Waals surface area (Å²) in [7, 11) is 1.58. The van der Waals surface area contributed by atoms with Crippen LogP contribution in [0.5, 0.6) is 17.2 Å². The summed E-state index contributed by atoms with van der Waals surface area (Å²) in [6.07, 6.45) is 0. The molecular formula is C26H30N2O4. The van der Waals surface area contributed by atoms with Crippen molar-refractivity contribution >= 4 is 17.3 Å². The van der Waals surface area contributed by atoms with Crippen molar-refractivity contribution in [2.24, 2.45) is 0 Å². The van der Waals surface area contributed by atoms with Crippen LogP contribution in [0.2, 0.25) is 0 Å². The maximum absolute atomic E-state index is 12.3. The zero-order valence-electron chi connectivity index (χ0n) is 19.0. The minimum absolute atomic E-state index is 0.104. The largest absolute Gasteiger partial charge is 0.494 e. The van der Waals surface area contributed by atoms with Gasteiger partial charge >= 0.3 is 0 Å². The summed E-state index contributed by atoms with van der Waals surface area (Å²) in [6, 6.07) is 19.4. The van der Waals surface area contributed by atoms with Gasteiger partial charge < -0.3 is 24.8 Å². The summed E-state index contributed by atoms with van der Waals surface area (Å²) >= 11 is 0. The lowest BCUT2D eigenvalue weighted by atomic mass is 10.1. The van der Waals surface area contributed by atoms with Crippen LogP contribution >= 0.6 is 0 Å². The number of rotatable bonds is 10. The molecule has 0 saturated carbocycles. The Labute approximate surface area is 189 Å². The van der Waals surface area contributed by atoms with Crippen LogP contribution in [0, 0.1) is 13.8 Å². The van der Waals surface area contributed by atoms with E-state index in [1.807, 2.05) is 81.4 Å². The van der Waals surface area contributed by atoms with Crippen molar-refractivity contribution in [2.75, 3.05) is 31.0 Å². The van der Waals surface area contributed by atoms with E-state index in [0.717, 1.165) is 33.8 Å². The van der Waals surface area contributed by atoms with Gasteiger partial charge in [0.05, 0.1) is 13.7 Å². The average molecular weight is 435 g/mol. The lowest BCUT2D eigenvalue weighted by Gasteiger charge is -2.14. The Morgan fingerprint density at radius 1 is 0.906 bits per heavy atom. The molecule has 6 heteroatoms. The summed E-state index contributed by atoms with van der Waals surface area (Å²) in [5.74, 6) is 1.73. The lowest BCUT2D eigenvalue weighted by molar-refractivity contribution is -0.118. The SMILES string of the molecule is CCOc1ccc(NCc2ccc(OCC(=O)Nc3ccc(C)cc3C)c(OC)c2)cc1. The number of ether oxygens (including phenoxy) is 3. The fraction of sp³-hybridized carbons (Fsp3) is 0.269. The zero-order valence-corrected chi connectivity index (χ0v) is 19.0. The molecule has 3 aromatic rings. The third kappa shape index (κ3) is 6.41. The van der Waals surface area contributed by atoms with Gasteiger partial charge in [-0.05, 0) is 74.4 Å². The van der Waals surface area contributed by atoms with Gasteiger partial charge in [0.1, 0.15) is 5.75 Å². The molecule has 2 N–H and O–H groups in total. The highest BCUT2D eigenvalue weighted by atomic mass is 16.5. The first kappa shape index (κ1) is 23.0. The number of aryl methyl sites for hydroxylation is 2. The minimum atomic E-state index is -0.222. The number of hydrogen-bond donors (Lipinski definition) is 2. The summed E-state index contributed by atoms with van der Waals surface area (Å²) in [4.78, 5) is 12.3. The van der Waals surface area contributed by atoms with Crippen LogP contribution in [0.3, 0.4) is 0 Å². The number of benzene rings is 3. The molecule has 0 radical (unpaired) electrons. The number of amides is 1. The van der Waals surface area contributed by atoms with Gasteiger partial charge in [-0.15, -0.1) is 0 Å². The van der Waals surface area contributed by atoms with E-state index < -0.39 is 0 Å². The second kappa shape index (κ2) is 11.1. The Morgan fingerprint density at radius 3 is 2.38 bits per heavy atom. The van der Waals surface area contributed by atoms with Gasteiger partial charge in [-0.25, -0.2) is 0 Å². The van der Waals surface area contributed by atoms with E-state index in [1.54, 1.807) is 7.11 Å². The van der Waals surface area contributed by atoms with Gasteiger partial charge in [0.25, 0.3) is 5.91 Å². The van der Waals surface area contributed by atoms with Crippen molar-refractivity contribution in [2.45, 2.75) is 27.3 Å². The lowest BCUT2D eigenvalue weighted by Crippen LogP contribution is -2.20. The standard InChI is InChI=1S/C26H30N2O4/c1-5-31-22-10-8-21(9-11-22)27-16-20-7-13-24(25(15-20)30-4)32-17-26(29)28-23-12-6-18(2)14-19(23)3/h6-15,27H,5,16-17H2,1-4H3,(H,28,29). The van der Waals surface area contributed by atoms with Crippen molar-refractivity contribution in [3.8, 4) is 17.2 Å². The van der Waals surface area contributed by atoms with Gasteiger partial charge in [-0.1, -0.05) is 23.8 Å². The van der Waals surface area contributed by atoms with Crippen molar-refractivity contribution in [3.63, 3.8) is 0 Å². The summed E-state index contributed by atoms with van der Waals surface area (Å²) < 4.78 is 16.6. The summed E-state index contributed by atoms with van der Waals surface area (Å²) in [6.45, 7) is 7.11. The highest BCUT2D eigenvalue weighted by Crippen LogP contribution is 2.28. The molecule has 0 spiro atoms. The number of methoxy groups -OCH3 is 1. The Hall–Kier alpha value is -3.67. The first-order chi connectivity index (χ1) is 15.5. The molecule has 0 atom stereocenters. The molecule has 168 valence electrons. The Kier molecular flexibility index (Phi) is 7.97. The monoisotopic (exact) mass is 434 g/mol. The molecule has 0 saturated heterocycles. The molecule has 0 aliphatic carbocycles. The number of carbonyl (C=O) groups is 1. The normalized spacial score (nSPS) is 10.4. The van der Waals surface area contributed by atoms with E-state index in [4.69, 9.17) is 14.2 Å². The molecule has 3 aromatic carbocycles. The zero-order chi connectivity index (χ0) is 22.9. The van der Waals surface area contributed by atoms with Crippen LogP contribution < -0.4 is 24.8 Å². The number of hydrogen-bond acceptors (Lipinski definition) is 5. The van der Waals surface area contributed by atoms with Crippen LogP contribution in [0.1, 0.15) is 23.6 Å². The van der Waals surface area contributed by atoms with Crippen molar-refractivity contribution < 1.29 is 19.0 Å². The maximum Gasteiger partial charge on any atom is 0.262 e. The molecule has 0 bridgehead atoms. The molecule has 32 heavy (non-hydrogen) atoms. The van der Waals surface area contributed by atoms with Gasteiger partial charge in [0.2, 0.25) is 0 Å². The predicted octanol–water partition coefficient (Wildman–Crippen LogP) is 5.34. The molecule has 1 amide bonds. The average Bonchev–Trinajstić information content (AvgIpc) is 2.79. The van der Waals surface area contributed by atoms with E-state index in [-0.39, 0.29) is 12.5 Å². The van der Waals surface area contributed by atoms with Crippen molar-refractivity contribution in [1.29, 1.82) is 0 Å². The first-order valence-corrected chi connectivity index (χ1v) is 10.6. The molecule has 0 aliphatic rings. The second-order valence-electron chi connectivity index (χ2n) is 7.45. The number of anilines is 2. The van der Waals surface area contributed by atoms with Gasteiger partial charge in [0.15, 0.2) is 18.1 Å². The quantitative estimate of drug-likeness (QED) is 0.451. The third-order valence-electron chi connectivity index (χ3n) is 4.90. The van der Waals surface area contributed by atoms with E-state index >= 15 is 0 Å². The molecule has 6 nitrogen and oxygen atoms in total. The topological polar surface area (TPSA) is 68.8 Å². The molecule has 0 heterocycles. The van der Waals surface area contributed by atoms with E-state index in [1.165, 1.54) is 0 Å². The highest BCUT2D eigenvalue weighted by Gasteiger charge is 2.10. The maximum atomic E-state index is 12.3. The molecule has 0 aromatic heterocycles. The van der Waals surface area contributed by atoms with Crippen LogP contribution in [-0.2, 0) is 11.3 Å². The predicted molar refractivity (Wildman–Crippen MR) is 128 cm³/mol. The Balaban J connectivity index is 1.55. The molecule has 0 unspecified atom stereocenters. The van der Waals surface area contributed by atoms with Gasteiger partial charge in [0, 0.05) is 17.9 Å². The van der Waals surface area contributed by atoms with Crippen LogP contribution in [-0.4, -0.2) is 26.2 Å². The summed E-state index contributed by atoms with van der Waals surface area (Å²) in [5, 5.41) is 6.25. The molecule has 0 fully saturated rings. The summed E-state index contributed by atoms with van der Waals surface area (Å²) in [5.41, 5.74) is 4.98. The van der Waals surface area contributed by atoms with E-state index in [2.05, 4.69) is 10.6 Å². The third-order valence-corrected chi connectivity index (χ3v) is 4.90. The second-order valence-corrected chi connectivity index (χ2v) is 7.45. The van der Waals surface area contributed by atoms with Crippen molar-refractivity contribution in [1.82, 2.24) is 0 Å². The minimum Gasteiger partial charge on any atom is -0.494 e. The van der Waals surface area contributed by atoms with Crippen molar-refractivity contribution in [3.05, 3.63) is 77.4 Å². The molecule has 0 aliphatic heterocycles. The Morgan fingerprint density at radius 2 is 1.69 bits per heavy atom. The van der Waals surface area contributed by atoms with Crippen LogP contribution in [0.4, 0.5) is 11.4 Å².